The number of aliphatic imine (C=N–C) groups is 1. The van der Waals surface area contributed by atoms with Gasteiger partial charge >= 0.3 is 0 Å². The highest BCUT2D eigenvalue weighted by Crippen LogP contribution is 2.31. The Labute approximate surface area is 270 Å². The van der Waals surface area contributed by atoms with E-state index in [1.807, 2.05) is 44.2 Å². The lowest BCUT2D eigenvalue weighted by molar-refractivity contribution is -0.133. The number of hydrogen-bond donors (Lipinski definition) is 8. The molecule has 0 fully saturated rings. The Balaban J connectivity index is 1.84. The summed E-state index contributed by atoms with van der Waals surface area (Å²) in [5.41, 5.74) is 19.7. The topological polar surface area (TPSA) is 227 Å². The molecule has 3 rings (SSSR count). The number of unbranched alkanes of at least 4 members (excludes halogenated alkanes) is 2. The third-order valence-electron chi connectivity index (χ3n) is 8.04. The minimum atomic E-state index is -1.05. The Hall–Kier alpha value is -4.65. The summed E-state index contributed by atoms with van der Waals surface area (Å²) in [6.45, 7) is 4.94. The van der Waals surface area contributed by atoms with Gasteiger partial charge in [0, 0.05) is 26.1 Å². The molecule has 4 unspecified atom stereocenters. The third kappa shape index (κ3) is 10.8. The van der Waals surface area contributed by atoms with E-state index in [9.17, 15) is 24.3 Å². The molecule has 11 N–H and O–H groups in total. The molecule has 0 saturated carbocycles. The Morgan fingerprint density at radius 2 is 1.61 bits per heavy atom. The highest BCUT2D eigenvalue weighted by Gasteiger charge is 2.33. The van der Waals surface area contributed by atoms with Gasteiger partial charge in [0.1, 0.15) is 23.9 Å². The molecule has 250 valence electrons. The number of phenolic OH excluding ortho intramolecular Hbond substituents is 1. The Morgan fingerprint density at radius 3 is 2.28 bits per heavy atom. The molecule has 1 heterocycles. The van der Waals surface area contributed by atoms with Gasteiger partial charge in [-0.1, -0.05) is 56.5 Å². The number of phenols is 1. The first kappa shape index (κ1) is 35.8. The first-order valence-electron chi connectivity index (χ1n) is 15.8. The van der Waals surface area contributed by atoms with E-state index in [2.05, 4.69) is 26.3 Å². The number of nitrogens with two attached hydrogens (primary N) is 3. The van der Waals surface area contributed by atoms with Crippen molar-refractivity contribution < 1.29 is 24.3 Å². The number of fused-ring (bicyclic) bond motifs is 1. The summed E-state index contributed by atoms with van der Waals surface area (Å²) in [7, 11) is 0. The van der Waals surface area contributed by atoms with Crippen LogP contribution in [0.2, 0.25) is 0 Å². The molecule has 1 aliphatic heterocycles. The van der Waals surface area contributed by atoms with Crippen LogP contribution in [0.1, 0.15) is 73.6 Å². The summed E-state index contributed by atoms with van der Waals surface area (Å²) in [5.74, 6) is -2.73. The number of aromatic hydroxyl groups is 1. The number of carbonyl (C=O) groups excluding carboxylic acids is 4. The van der Waals surface area contributed by atoms with E-state index >= 15 is 0 Å². The van der Waals surface area contributed by atoms with E-state index in [0.29, 0.717) is 32.4 Å². The van der Waals surface area contributed by atoms with Gasteiger partial charge in [-0.05, 0) is 60.6 Å². The standard InChI is InChI=1S/C33H48N8O5/c1-3-4-6-12-25(29(34)43)39-32(46)27(16-21-10-7-5-8-11-21)41-31(45)26(13-9-14-38-33(35)36)40-30(44)24-19-37-18-22-17-23(42)15-20(2)28(22)24/h5,7-8,10-11,15,17,24-27,37,42H,3-4,6,9,12-14,16,18-19H2,1-2H3,(H2,34,43)(H,39,46)(H,40,44)(H,41,45)(H4,35,36,38). The fourth-order valence-electron chi connectivity index (χ4n) is 5.71. The fraction of sp³-hybridized carbons (Fsp3) is 0.485. The smallest absolute Gasteiger partial charge is 0.243 e. The first-order chi connectivity index (χ1) is 22.0. The van der Waals surface area contributed by atoms with Crippen molar-refractivity contribution in [2.24, 2.45) is 22.2 Å². The number of amides is 4. The number of guanidine groups is 1. The van der Waals surface area contributed by atoms with Crippen LogP contribution >= 0.6 is 0 Å². The summed E-state index contributed by atoms with van der Waals surface area (Å²) in [6, 6.07) is 9.45. The molecule has 0 aliphatic carbocycles. The Kier molecular flexibility index (Phi) is 13.8. The van der Waals surface area contributed by atoms with E-state index < -0.39 is 41.8 Å². The molecule has 13 nitrogen and oxygen atoms in total. The molecule has 0 radical (unpaired) electrons. The van der Waals surface area contributed by atoms with Crippen molar-refractivity contribution in [1.82, 2.24) is 21.3 Å². The second kappa shape index (κ2) is 17.7. The van der Waals surface area contributed by atoms with Gasteiger partial charge < -0.3 is 43.6 Å². The van der Waals surface area contributed by atoms with E-state index in [1.165, 1.54) is 0 Å². The van der Waals surface area contributed by atoms with Crippen molar-refractivity contribution in [3.63, 3.8) is 0 Å². The molecule has 13 heteroatoms. The predicted octanol–water partition coefficient (Wildman–Crippen LogP) is 0.704. The Bertz CT molecular complexity index is 1380. The van der Waals surface area contributed by atoms with Gasteiger partial charge in [-0.2, -0.15) is 0 Å². The van der Waals surface area contributed by atoms with Gasteiger partial charge in [0.2, 0.25) is 23.6 Å². The van der Waals surface area contributed by atoms with Crippen LogP contribution in [0.5, 0.6) is 5.75 Å². The number of carbonyl (C=O) groups is 4. The SMILES string of the molecule is CCCCCC(NC(=O)C(Cc1ccccc1)NC(=O)C(CCCN=C(N)N)NC(=O)C1CNCc2cc(O)cc(C)c21)C(N)=O. The van der Waals surface area contributed by atoms with Crippen LogP contribution in [0.4, 0.5) is 0 Å². The van der Waals surface area contributed by atoms with Crippen LogP contribution in [0, 0.1) is 6.92 Å². The van der Waals surface area contributed by atoms with Crippen LogP contribution in [0.25, 0.3) is 0 Å². The molecule has 0 spiro atoms. The van der Waals surface area contributed by atoms with Crippen molar-refractivity contribution in [2.45, 2.75) is 89.4 Å². The van der Waals surface area contributed by atoms with Gasteiger partial charge in [0.05, 0.1) is 5.92 Å². The lowest BCUT2D eigenvalue weighted by Gasteiger charge is -2.30. The molecule has 0 saturated heterocycles. The molecule has 2 aromatic carbocycles. The normalized spacial score (nSPS) is 15.8. The fourth-order valence-corrected chi connectivity index (χ4v) is 5.71. The van der Waals surface area contributed by atoms with Gasteiger partial charge in [-0.25, -0.2) is 0 Å². The number of primary amides is 1. The van der Waals surface area contributed by atoms with Gasteiger partial charge in [-0.15, -0.1) is 0 Å². The van der Waals surface area contributed by atoms with Crippen molar-refractivity contribution in [3.05, 3.63) is 64.7 Å². The minimum absolute atomic E-state index is 0.0869. The minimum Gasteiger partial charge on any atom is -0.508 e. The van der Waals surface area contributed by atoms with E-state index in [-0.39, 0.29) is 37.0 Å². The number of hydrogen-bond acceptors (Lipinski definition) is 7. The molecule has 1 aliphatic rings. The van der Waals surface area contributed by atoms with Crippen molar-refractivity contribution in [2.75, 3.05) is 13.1 Å². The van der Waals surface area contributed by atoms with Crippen molar-refractivity contribution >= 4 is 29.6 Å². The molecular weight excluding hydrogens is 588 g/mol. The highest BCUT2D eigenvalue weighted by molar-refractivity contribution is 5.95. The lowest BCUT2D eigenvalue weighted by atomic mass is 9.86. The zero-order chi connectivity index (χ0) is 33.6. The number of nitrogens with one attached hydrogen (secondary N) is 4. The first-order valence-corrected chi connectivity index (χ1v) is 15.8. The lowest BCUT2D eigenvalue weighted by Crippen LogP contribution is -2.57. The molecule has 4 atom stereocenters. The van der Waals surface area contributed by atoms with Crippen LogP contribution in [0.15, 0.2) is 47.5 Å². The summed E-state index contributed by atoms with van der Waals surface area (Å²) in [4.78, 5) is 57.3. The van der Waals surface area contributed by atoms with Crippen LogP contribution in [-0.4, -0.2) is 65.9 Å². The van der Waals surface area contributed by atoms with E-state index in [0.717, 1.165) is 35.1 Å². The number of aryl methyl sites for hydroxylation is 1. The molecule has 0 bridgehead atoms. The average Bonchev–Trinajstić information content (AvgIpc) is 3.01. The maximum absolute atomic E-state index is 13.9. The molecular formula is C33H48N8O5. The van der Waals surface area contributed by atoms with E-state index in [4.69, 9.17) is 17.2 Å². The summed E-state index contributed by atoms with van der Waals surface area (Å²) in [5, 5.41) is 21.7. The van der Waals surface area contributed by atoms with Gasteiger partial charge in [-0.3, -0.25) is 24.2 Å². The number of benzene rings is 2. The molecule has 46 heavy (non-hydrogen) atoms. The second-order valence-electron chi connectivity index (χ2n) is 11.7. The number of nitrogens with zero attached hydrogens (tertiary/aromatic N) is 1. The quantitative estimate of drug-likeness (QED) is 0.0699. The average molecular weight is 637 g/mol. The molecule has 2 aromatic rings. The van der Waals surface area contributed by atoms with Crippen LogP contribution in [-0.2, 0) is 32.1 Å². The van der Waals surface area contributed by atoms with Gasteiger partial charge in [0.15, 0.2) is 5.96 Å². The molecule has 0 aromatic heterocycles. The molecule has 4 amide bonds. The summed E-state index contributed by atoms with van der Waals surface area (Å²) >= 11 is 0. The zero-order valence-electron chi connectivity index (χ0n) is 26.7. The maximum atomic E-state index is 13.9. The zero-order valence-corrected chi connectivity index (χ0v) is 26.7. The largest absolute Gasteiger partial charge is 0.508 e. The number of rotatable bonds is 17. The second-order valence-corrected chi connectivity index (χ2v) is 11.7. The van der Waals surface area contributed by atoms with Crippen molar-refractivity contribution in [3.8, 4) is 5.75 Å². The predicted molar refractivity (Wildman–Crippen MR) is 176 cm³/mol. The van der Waals surface area contributed by atoms with Gasteiger partial charge in [0.25, 0.3) is 0 Å². The van der Waals surface area contributed by atoms with E-state index in [1.54, 1.807) is 12.1 Å². The Morgan fingerprint density at radius 1 is 0.935 bits per heavy atom. The maximum Gasteiger partial charge on any atom is 0.243 e. The highest BCUT2D eigenvalue weighted by atomic mass is 16.3. The van der Waals surface area contributed by atoms with Crippen LogP contribution < -0.4 is 38.5 Å². The van der Waals surface area contributed by atoms with Crippen LogP contribution in [0.3, 0.4) is 0 Å². The summed E-state index contributed by atoms with van der Waals surface area (Å²) in [6.07, 6.45) is 3.63. The monoisotopic (exact) mass is 636 g/mol. The van der Waals surface area contributed by atoms with Crippen molar-refractivity contribution in [1.29, 1.82) is 0 Å². The summed E-state index contributed by atoms with van der Waals surface area (Å²) < 4.78 is 0. The third-order valence-corrected chi connectivity index (χ3v) is 8.04.